The van der Waals surface area contributed by atoms with Crippen LogP contribution in [0.25, 0.3) is 10.8 Å². The molecular formula is C19H25ClN2O2. The van der Waals surface area contributed by atoms with Gasteiger partial charge < -0.3 is 15.4 Å². The molecule has 1 aliphatic rings. The fraction of sp³-hybridized carbons (Fsp3) is 0.421. The fourth-order valence-electron chi connectivity index (χ4n) is 3.15. The maximum Gasteiger partial charge on any atom is 0.234 e. The lowest BCUT2D eigenvalue weighted by molar-refractivity contribution is -0.120. The predicted octanol–water partition coefficient (Wildman–Crippen LogP) is 3.21. The van der Waals surface area contributed by atoms with E-state index >= 15 is 0 Å². The van der Waals surface area contributed by atoms with Gasteiger partial charge in [-0.3, -0.25) is 4.79 Å². The molecule has 2 N–H and O–H groups in total. The Kier molecular flexibility index (Phi) is 7.03. The summed E-state index contributed by atoms with van der Waals surface area (Å²) in [5.41, 5.74) is 1.15. The van der Waals surface area contributed by atoms with E-state index in [9.17, 15) is 4.79 Å². The summed E-state index contributed by atoms with van der Waals surface area (Å²) in [6.07, 6.45) is 2.47. The van der Waals surface area contributed by atoms with Crippen molar-refractivity contribution in [2.24, 2.45) is 0 Å². The second kappa shape index (κ2) is 9.02. The van der Waals surface area contributed by atoms with Gasteiger partial charge in [0, 0.05) is 13.2 Å². The summed E-state index contributed by atoms with van der Waals surface area (Å²) in [7, 11) is 0. The largest absolute Gasteiger partial charge is 0.377 e. The summed E-state index contributed by atoms with van der Waals surface area (Å²) >= 11 is 0. The normalized spacial score (nSPS) is 18.1. The summed E-state index contributed by atoms with van der Waals surface area (Å²) in [5, 5.41) is 8.64. The third-order valence-corrected chi connectivity index (χ3v) is 4.35. The molecular weight excluding hydrogens is 324 g/mol. The molecule has 1 heterocycles. The lowest BCUT2D eigenvalue weighted by atomic mass is 10.00. The van der Waals surface area contributed by atoms with Crippen LogP contribution in [0.4, 0.5) is 0 Å². The molecule has 2 unspecified atom stereocenters. The summed E-state index contributed by atoms with van der Waals surface area (Å²) in [6.45, 7) is 3.95. The van der Waals surface area contributed by atoms with Gasteiger partial charge in [0.1, 0.15) is 0 Å². The Bertz CT molecular complexity index is 666. The molecule has 0 spiro atoms. The number of benzene rings is 2. The number of halogens is 1. The summed E-state index contributed by atoms with van der Waals surface area (Å²) in [4.78, 5) is 12.1. The Morgan fingerprint density at radius 2 is 2.04 bits per heavy atom. The van der Waals surface area contributed by atoms with Crippen molar-refractivity contribution in [1.82, 2.24) is 10.6 Å². The van der Waals surface area contributed by atoms with Crippen LogP contribution in [0.2, 0.25) is 0 Å². The van der Waals surface area contributed by atoms with Crippen molar-refractivity contribution in [2.45, 2.75) is 31.9 Å². The molecule has 1 saturated heterocycles. The van der Waals surface area contributed by atoms with Crippen molar-refractivity contribution >= 4 is 29.1 Å². The van der Waals surface area contributed by atoms with Gasteiger partial charge in [-0.2, -0.15) is 0 Å². The van der Waals surface area contributed by atoms with Crippen molar-refractivity contribution in [3.05, 3.63) is 48.0 Å². The summed E-state index contributed by atoms with van der Waals surface area (Å²) < 4.78 is 5.54. The number of fused-ring (bicyclic) bond motifs is 1. The van der Waals surface area contributed by atoms with Gasteiger partial charge in [-0.1, -0.05) is 42.5 Å². The quantitative estimate of drug-likeness (QED) is 0.842. The van der Waals surface area contributed by atoms with E-state index in [0.717, 1.165) is 31.6 Å². The second-order valence-corrected chi connectivity index (χ2v) is 6.12. The van der Waals surface area contributed by atoms with E-state index < -0.39 is 0 Å². The summed E-state index contributed by atoms with van der Waals surface area (Å²) in [5.74, 6) is 0.0171. The number of ether oxygens (including phenoxy) is 1. The standard InChI is InChI=1S/C19H24N2O2.ClH/c1-14(17-10-4-7-15-6-2-3-9-18(15)17)21-19(22)13-20-12-16-8-5-11-23-16;/h2-4,6-7,9-10,14,16,20H,5,8,11-13H2,1H3,(H,21,22);1H. The highest BCUT2D eigenvalue weighted by molar-refractivity contribution is 5.87. The smallest absolute Gasteiger partial charge is 0.234 e. The molecule has 1 amide bonds. The van der Waals surface area contributed by atoms with E-state index in [4.69, 9.17) is 4.74 Å². The van der Waals surface area contributed by atoms with Gasteiger partial charge in [-0.15, -0.1) is 12.4 Å². The maximum atomic E-state index is 12.1. The number of carbonyl (C=O) groups is 1. The minimum Gasteiger partial charge on any atom is -0.377 e. The Morgan fingerprint density at radius 3 is 2.83 bits per heavy atom. The van der Waals surface area contributed by atoms with Crippen LogP contribution in [-0.2, 0) is 9.53 Å². The number of hydrogen-bond acceptors (Lipinski definition) is 3. The third kappa shape index (κ3) is 4.69. The van der Waals surface area contributed by atoms with Crippen LogP contribution >= 0.6 is 12.4 Å². The van der Waals surface area contributed by atoms with Crippen LogP contribution < -0.4 is 10.6 Å². The number of rotatable bonds is 6. The van der Waals surface area contributed by atoms with Crippen molar-refractivity contribution in [1.29, 1.82) is 0 Å². The van der Waals surface area contributed by atoms with E-state index in [1.807, 2.05) is 25.1 Å². The topological polar surface area (TPSA) is 50.4 Å². The highest BCUT2D eigenvalue weighted by Gasteiger charge is 2.16. The van der Waals surface area contributed by atoms with Gasteiger partial charge in [0.2, 0.25) is 5.91 Å². The molecule has 2 aromatic rings. The van der Waals surface area contributed by atoms with Crippen molar-refractivity contribution in [3.8, 4) is 0 Å². The molecule has 24 heavy (non-hydrogen) atoms. The van der Waals surface area contributed by atoms with Crippen LogP contribution in [0.1, 0.15) is 31.4 Å². The molecule has 1 aliphatic heterocycles. The Morgan fingerprint density at radius 1 is 1.25 bits per heavy atom. The molecule has 0 aromatic heterocycles. The van der Waals surface area contributed by atoms with E-state index in [2.05, 4.69) is 34.9 Å². The van der Waals surface area contributed by atoms with Crippen LogP contribution in [0, 0.1) is 0 Å². The average molecular weight is 349 g/mol. The van der Waals surface area contributed by atoms with Gasteiger partial charge in [-0.25, -0.2) is 0 Å². The highest BCUT2D eigenvalue weighted by Crippen LogP contribution is 2.23. The monoisotopic (exact) mass is 348 g/mol. The molecule has 130 valence electrons. The fourth-order valence-corrected chi connectivity index (χ4v) is 3.15. The molecule has 1 fully saturated rings. The zero-order valence-electron chi connectivity index (χ0n) is 14.0. The number of amides is 1. The minimum absolute atomic E-state index is 0. The van der Waals surface area contributed by atoms with Crippen LogP contribution in [0.15, 0.2) is 42.5 Å². The Labute approximate surface area is 149 Å². The Balaban J connectivity index is 0.00000208. The minimum atomic E-state index is -0.0156. The van der Waals surface area contributed by atoms with Crippen molar-refractivity contribution in [2.75, 3.05) is 19.7 Å². The van der Waals surface area contributed by atoms with Gasteiger partial charge in [0.05, 0.1) is 18.7 Å². The van der Waals surface area contributed by atoms with Crippen LogP contribution in [0.5, 0.6) is 0 Å². The molecule has 4 nitrogen and oxygen atoms in total. The van der Waals surface area contributed by atoms with Crippen molar-refractivity contribution < 1.29 is 9.53 Å². The van der Waals surface area contributed by atoms with Crippen LogP contribution in [-0.4, -0.2) is 31.7 Å². The van der Waals surface area contributed by atoms with E-state index in [1.54, 1.807) is 0 Å². The molecule has 0 radical (unpaired) electrons. The molecule has 5 heteroatoms. The SMILES string of the molecule is CC(NC(=O)CNCC1CCCO1)c1cccc2ccccc12.Cl. The summed E-state index contributed by atoms with van der Waals surface area (Å²) in [6, 6.07) is 14.4. The van der Waals surface area contributed by atoms with E-state index in [1.165, 1.54) is 10.8 Å². The average Bonchev–Trinajstić information content (AvgIpc) is 3.07. The number of carbonyl (C=O) groups excluding carboxylic acids is 1. The molecule has 0 saturated carbocycles. The molecule has 0 bridgehead atoms. The van der Waals surface area contributed by atoms with Gasteiger partial charge >= 0.3 is 0 Å². The first-order valence-corrected chi connectivity index (χ1v) is 8.33. The maximum absolute atomic E-state index is 12.1. The van der Waals surface area contributed by atoms with Gasteiger partial charge in [0.15, 0.2) is 0 Å². The number of nitrogens with one attached hydrogen (secondary N) is 2. The first kappa shape index (κ1) is 18.7. The highest BCUT2D eigenvalue weighted by atomic mass is 35.5. The zero-order chi connectivity index (χ0) is 16.1. The Hall–Kier alpha value is -1.62. The molecule has 3 rings (SSSR count). The molecule has 2 atom stereocenters. The first-order chi connectivity index (χ1) is 11.2. The first-order valence-electron chi connectivity index (χ1n) is 8.33. The van der Waals surface area contributed by atoms with Gasteiger partial charge in [-0.05, 0) is 36.1 Å². The van der Waals surface area contributed by atoms with E-state index in [0.29, 0.717) is 6.54 Å². The van der Waals surface area contributed by atoms with Crippen molar-refractivity contribution in [3.63, 3.8) is 0 Å². The van der Waals surface area contributed by atoms with E-state index in [-0.39, 0.29) is 30.5 Å². The molecule has 0 aliphatic carbocycles. The molecule has 2 aromatic carbocycles. The second-order valence-electron chi connectivity index (χ2n) is 6.12. The predicted molar refractivity (Wildman–Crippen MR) is 99.6 cm³/mol. The lowest BCUT2D eigenvalue weighted by Gasteiger charge is -2.17. The van der Waals surface area contributed by atoms with Crippen LogP contribution in [0.3, 0.4) is 0 Å². The lowest BCUT2D eigenvalue weighted by Crippen LogP contribution is -2.38. The number of hydrogen-bond donors (Lipinski definition) is 2. The zero-order valence-corrected chi connectivity index (χ0v) is 14.8. The third-order valence-electron chi connectivity index (χ3n) is 4.35. The van der Waals surface area contributed by atoms with Gasteiger partial charge in [0.25, 0.3) is 0 Å².